The van der Waals surface area contributed by atoms with E-state index in [9.17, 15) is 4.79 Å². The van der Waals surface area contributed by atoms with Gasteiger partial charge < -0.3 is 14.6 Å². The summed E-state index contributed by atoms with van der Waals surface area (Å²) in [5.74, 6) is 0.0484. The van der Waals surface area contributed by atoms with Crippen LogP contribution in [-0.2, 0) is 20.6 Å². The van der Waals surface area contributed by atoms with Gasteiger partial charge in [-0.05, 0) is 38.7 Å². The first-order chi connectivity index (χ1) is 10.1. The Hall–Kier alpha value is -1.33. The van der Waals surface area contributed by atoms with Gasteiger partial charge >= 0.3 is 7.12 Å². The van der Waals surface area contributed by atoms with Gasteiger partial charge in [-0.1, -0.05) is 38.1 Å². The van der Waals surface area contributed by atoms with Crippen molar-refractivity contribution >= 4 is 18.5 Å². The van der Waals surface area contributed by atoms with Gasteiger partial charge in [0.1, 0.15) is 0 Å². The Morgan fingerprint density at radius 3 is 2.32 bits per heavy atom. The van der Waals surface area contributed by atoms with E-state index in [0.717, 1.165) is 11.0 Å². The molecule has 1 aliphatic rings. The van der Waals surface area contributed by atoms with Crippen molar-refractivity contribution in [3.05, 3.63) is 29.8 Å². The molecule has 1 amide bonds. The van der Waals surface area contributed by atoms with Gasteiger partial charge in [0.25, 0.3) is 0 Å². The lowest BCUT2D eigenvalue weighted by atomic mass is 9.78. The van der Waals surface area contributed by atoms with Crippen LogP contribution in [0, 0.1) is 5.92 Å². The van der Waals surface area contributed by atoms with Crippen LogP contribution in [0.2, 0.25) is 0 Å². The number of hydrogen-bond donors (Lipinski definition) is 1. The molecular weight excluding hydrogens is 277 g/mol. The van der Waals surface area contributed by atoms with Gasteiger partial charge in [0.15, 0.2) is 0 Å². The summed E-state index contributed by atoms with van der Waals surface area (Å²) in [7, 11) is -0.370. The normalized spacial score (nSPS) is 19.5. The molecule has 0 saturated carbocycles. The Morgan fingerprint density at radius 1 is 1.18 bits per heavy atom. The van der Waals surface area contributed by atoms with Crippen molar-refractivity contribution in [2.75, 3.05) is 0 Å². The van der Waals surface area contributed by atoms with E-state index in [2.05, 4.69) is 5.32 Å². The molecule has 120 valence electrons. The van der Waals surface area contributed by atoms with Crippen LogP contribution in [0.25, 0.3) is 0 Å². The molecule has 0 atom stereocenters. The third kappa shape index (κ3) is 3.53. The largest absolute Gasteiger partial charge is 0.494 e. The van der Waals surface area contributed by atoms with Crippen LogP contribution in [0.1, 0.15) is 47.1 Å². The minimum Gasteiger partial charge on any atom is -0.399 e. The Balaban J connectivity index is 2.08. The summed E-state index contributed by atoms with van der Waals surface area (Å²) in [5.41, 5.74) is 1.33. The van der Waals surface area contributed by atoms with Crippen molar-refractivity contribution in [2.24, 2.45) is 5.92 Å². The highest BCUT2D eigenvalue weighted by molar-refractivity contribution is 6.62. The van der Waals surface area contributed by atoms with Crippen molar-refractivity contribution in [3.8, 4) is 0 Å². The second-order valence-corrected chi connectivity index (χ2v) is 7.21. The number of carbonyl (C=O) groups is 1. The summed E-state index contributed by atoms with van der Waals surface area (Å²) >= 11 is 0. The lowest BCUT2D eigenvalue weighted by Gasteiger charge is -2.32. The summed E-state index contributed by atoms with van der Waals surface area (Å²) < 4.78 is 12.1. The SMILES string of the molecule is CC(C)C(=O)NCc1cccc(B2OC(C)(C)C(C)(C)O2)c1. The van der Waals surface area contributed by atoms with E-state index in [1.807, 2.05) is 65.8 Å². The molecule has 0 aliphatic carbocycles. The van der Waals surface area contributed by atoms with Gasteiger partial charge in [0.2, 0.25) is 5.91 Å². The van der Waals surface area contributed by atoms with E-state index < -0.39 is 0 Å². The maximum atomic E-state index is 11.7. The zero-order chi connectivity index (χ0) is 16.5. The van der Waals surface area contributed by atoms with Crippen LogP contribution in [0.5, 0.6) is 0 Å². The fourth-order valence-electron chi connectivity index (χ4n) is 2.22. The molecule has 1 aromatic carbocycles. The van der Waals surface area contributed by atoms with E-state index in [4.69, 9.17) is 9.31 Å². The smallest absolute Gasteiger partial charge is 0.399 e. The molecule has 0 bridgehead atoms. The van der Waals surface area contributed by atoms with Gasteiger partial charge in [0.05, 0.1) is 11.2 Å². The minimum atomic E-state index is -0.370. The molecule has 1 saturated heterocycles. The highest BCUT2D eigenvalue weighted by atomic mass is 16.7. The number of hydrogen-bond acceptors (Lipinski definition) is 3. The van der Waals surface area contributed by atoms with Crippen LogP contribution in [-0.4, -0.2) is 24.2 Å². The molecule has 1 heterocycles. The second kappa shape index (κ2) is 6.05. The lowest BCUT2D eigenvalue weighted by molar-refractivity contribution is -0.124. The van der Waals surface area contributed by atoms with E-state index >= 15 is 0 Å². The molecule has 1 N–H and O–H groups in total. The van der Waals surface area contributed by atoms with Crippen LogP contribution < -0.4 is 10.8 Å². The van der Waals surface area contributed by atoms with Gasteiger partial charge in [0, 0.05) is 12.5 Å². The van der Waals surface area contributed by atoms with E-state index in [-0.39, 0.29) is 30.1 Å². The number of rotatable bonds is 4. The molecule has 0 spiro atoms. The third-order valence-electron chi connectivity index (χ3n) is 4.47. The quantitative estimate of drug-likeness (QED) is 0.868. The molecule has 4 nitrogen and oxygen atoms in total. The first-order valence-corrected chi connectivity index (χ1v) is 7.84. The molecular formula is C17H26BNO3. The van der Waals surface area contributed by atoms with Gasteiger partial charge in [-0.2, -0.15) is 0 Å². The summed E-state index contributed by atoms with van der Waals surface area (Å²) in [6.45, 7) is 12.5. The lowest BCUT2D eigenvalue weighted by Crippen LogP contribution is -2.41. The molecule has 0 aromatic heterocycles. The fourth-order valence-corrected chi connectivity index (χ4v) is 2.22. The summed E-state index contributed by atoms with van der Waals surface area (Å²) in [6.07, 6.45) is 0. The zero-order valence-corrected chi connectivity index (χ0v) is 14.4. The van der Waals surface area contributed by atoms with Gasteiger partial charge in [-0.15, -0.1) is 0 Å². The number of carbonyl (C=O) groups excluding carboxylic acids is 1. The average molecular weight is 303 g/mol. The van der Waals surface area contributed by atoms with Crippen LogP contribution in [0.3, 0.4) is 0 Å². The Morgan fingerprint density at radius 2 is 1.77 bits per heavy atom. The maximum absolute atomic E-state index is 11.7. The van der Waals surface area contributed by atoms with Crippen LogP contribution in [0.15, 0.2) is 24.3 Å². The molecule has 22 heavy (non-hydrogen) atoms. The Kier molecular flexibility index (Phi) is 4.69. The number of benzene rings is 1. The average Bonchev–Trinajstić information content (AvgIpc) is 2.65. The standard InChI is InChI=1S/C17H26BNO3/c1-12(2)15(20)19-11-13-8-7-9-14(10-13)18-21-16(3,4)17(5,6)22-18/h7-10,12H,11H2,1-6H3,(H,19,20). The Labute approximate surface area is 133 Å². The third-order valence-corrected chi connectivity index (χ3v) is 4.47. The predicted octanol–water partition coefficient (Wildman–Crippen LogP) is 2.26. The highest BCUT2D eigenvalue weighted by Gasteiger charge is 2.51. The van der Waals surface area contributed by atoms with Crippen LogP contribution in [0.4, 0.5) is 0 Å². The predicted molar refractivity (Wildman–Crippen MR) is 88.8 cm³/mol. The van der Waals surface area contributed by atoms with E-state index in [1.165, 1.54) is 0 Å². The van der Waals surface area contributed by atoms with E-state index in [1.54, 1.807) is 0 Å². The van der Waals surface area contributed by atoms with Crippen molar-refractivity contribution in [2.45, 2.75) is 59.3 Å². The molecule has 1 aliphatic heterocycles. The number of nitrogens with one attached hydrogen (secondary N) is 1. The monoisotopic (exact) mass is 303 g/mol. The van der Waals surface area contributed by atoms with Crippen molar-refractivity contribution in [3.63, 3.8) is 0 Å². The molecule has 1 aromatic rings. The maximum Gasteiger partial charge on any atom is 0.494 e. The molecule has 0 radical (unpaired) electrons. The highest BCUT2D eigenvalue weighted by Crippen LogP contribution is 2.36. The van der Waals surface area contributed by atoms with Gasteiger partial charge in [-0.25, -0.2) is 0 Å². The second-order valence-electron chi connectivity index (χ2n) is 7.21. The Bertz CT molecular complexity index is 539. The minimum absolute atomic E-state index is 0.00807. The van der Waals surface area contributed by atoms with E-state index in [0.29, 0.717) is 6.54 Å². The van der Waals surface area contributed by atoms with Crippen molar-refractivity contribution < 1.29 is 14.1 Å². The zero-order valence-electron chi connectivity index (χ0n) is 14.4. The molecule has 2 rings (SSSR count). The topological polar surface area (TPSA) is 47.6 Å². The summed E-state index contributed by atoms with van der Waals surface area (Å²) in [6, 6.07) is 7.99. The first kappa shape index (κ1) is 17.0. The first-order valence-electron chi connectivity index (χ1n) is 7.84. The van der Waals surface area contributed by atoms with Crippen molar-refractivity contribution in [1.82, 2.24) is 5.32 Å². The van der Waals surface area contributed by atoms with Gasteiger partial charge in [-0.3, -0.25) is 4.79 Å². The summed E-state index contributed by atoms with van der Waals surface area (Å²) in [5, 5.41) is 2.93. The molecule has 0 unspecified atom stereocenters. The molecule has 1 fully saturated rings. The number of amides is 1. The van der Waals surface area contributed by atoms with Crippen molar-refractivity contribution in [1.29, 1.82) is 0 Å². The summed E-state index contributed by atoms with van der Waals surface area (Å²) in [4.78, 5) is 11.7. The van der Waals surface area contributed by atoms with Crippen LogP contribution >= 0.6 is 0 Å². The molecule has 5 heteroatoms. The fraction of sp³-hybridized carbons (Fsp3) is 0.588.